The third-order valence-corrected chi connectivity index (χ3v) is 4.18. The highest BCUT2D eigenvalue weighted by Gasteiger charge is 2.21. The Hall–Kier alpha value is -1.24. The molecule has 3 heterocycles. The summed E-state index contributed by atoms with van der Waals surface area (Å²) in [5.41, 5.74) is 2.98. The summed E-state index contributed by atoms with van der Waals surface area (Å²) in [6.07, 6.45) is 5.84. The number of aromatic nitrogens is 2. The van der Waals surface area contributed by atoms with Gasteiger partial charge in [-0.2, -0.15) is 0 Å². The van der Waals surface area contributed by atoms with Crippen LogP contribution < -0.4 is 4.90 Å². The molecule has 1 saturated heterocycles. The van der Waals surface area contributed by atoms with E-state index in [9.17, 15) is 0 Å². The Kier molecular flexibility index (Phi) is 4.67. The number of anilines is 1. The van der Waals surface area contributed by atoms with Gasteiger partial charge < -0.3 is 14.7 Å². The highest BCUT2D eigenvalue weighted by Crippen LogP contribution is 2.28. The lowest BCUT2D eigenvalue weighted by Crippen LogP contribution is -2.37. The molecule has 0 radical (unpaired) electrons. The first kappa shape index (κ1) is 14.7. The molecular weight excluding hydrogens is 334 g/mol. The number of hydrogen-bond acceptors (Lipinski definition) is 5. The van der Waals surface area contributed by atoms with Crippen molar-refractivity contribution in [3.8, 4) is 0 Å². The van der Waals surface area contributed by atoms with Gasteiger partial charge in [0.05, 0.1) is 30.5 Å². The van der Waals surface area contributed by atoms with Crippen LogP contribution in [0.1, 0.15) is 12.8 Å². The molecule has 0 aliphatic carbocycles. The molecule has 0 atom stereocenters. The largest absolute Gasteiger partial charge is 0.394 e. The summed E-state index contributed by atoms with van der Waals surface area (Å²) in [6.45, 7) is 2.40. The number of aliphatic hydroxyl groups excluding tert-OH is 1. The second-order valence-corrected chi connectivity index (χ2v) is 6.05. The Morgan fingerprint density at radius 1 is 1.33 bits per heavy atom. The van der Waals surface area contributed by atoms with Crippen LogP contribution in [0.3, 0.4) is 0 Å². The minimum absolute atomic E-state index is 0.0913. The Morgan fingerprint density at radius 2 is 2.14 bits per heavy atom. The lowest BCUT2D eigenvalue weighted by molar-refractivity contribution is 0.0159. The van der Waals surface area contributed by atoms with Gasteiger partial charge in [0.15, 0.2) is 0 Å². The molecule has 1 aliphatic heterocycles. The van der Waals surface area contributed by atoms with Crippen molar-refractivity contribution in [3.05, 3.63) is 29.0 Å². The predicted molar refractivity (Wildman–Crippen MR) is 85.5 cm³/mol. The molecule has 2 aromatic rings. The smallest absolute Gasteiger partial charge is 0.112 e. The number of ether oxygens (including phenoxy) is 1. The molecule has 1 N–H and O–H groups in total. The Bertz CT molecular complexity index is 615. The molecule has 5 nitrogen and oxygen atoms in total. The third kappa shape index (κ3) is 3.33. The third-order valence-electron chi connectivity index (χ3n) is 3.75. The number of aliphatic hydroxyl groups is 1. The summed E-state index contributed by atoms with van der Waals surface area (Å²) < 4.78 is 6.55. The highest BCUT2D eigenvalue weighted by molar-refractivity contribution is 9.10. The van der Waals surface area contributed by atoms with Gasteiger partial charge in [-0.3, -0.25) is 9.97 Å². The molecule has 0 bridgehead atoms. The van der Waals surface area contributed by atoms with Crippen molar-refractivity contribution in [2.24, 2.45) is 0 Å². The molecule has 0 aromatic carbocycles. The van der Waals surface area contributed by atoms with Crippen LogP contribution in [0.4, 0.5) is 5.69 Å². The lowest BCUT2D eigenvalue weighted by atomic mass is 10.1. The molecule has 0 spiro atoms. The molecule has 1 fully saturated rings. The van der Waals surface area contributed by atoms with Crippen LogP contribution in [0.15, 0.2) is 29.0 Å². The number of fused-ring (bicyclic) bond motifs is 1. The Morgan fingerprint density at radius 3 is 2.90 bits per heavy atom. The summed E-state index contributed by atoms with van der Waals surface area (Å²) in [7, 11) is 0. The van der Waals surface area contributed by atoms with E-state index in [4.69, 9.17) is 9.84 Å². The average Bonchev–Trinajstić information content (AvgIpc) is 2.52. The van der Waals surface area contributed by atoms with Crippen molar-refractivity contribution >= 4 is 32.7 Å². The van der Waals surface area contributed by atoms with E-state index >= 15 is 0 Å². The van der Waals surface area contributed by atoms with Crippen LogP contribution in [0, 0.1) is 0 Å². The predicted octanol–water partition coefficient (Wildman–Crippen LogP) is 2.37. The summed E-state index contributed by atoms with van der Waals surface area (Å²) in [5.74, 6) is 0. The van der Waals surface area contributed by atoms with Gasteiger partial charge in [0.1, 0.15) is 5.52 Å². The molecule has 0 amide bonds. The van der Waals surface area contributed by atoms with Crippen LogP contribution >= 0.6 is 15.9 Å². The molecule has 112 valence electrons. The van der Waals surface area contributed by atoms with E-state index in [2.05, 4.69) is 30.8 Å². The van der Waals surface area contributed by atoms with E-state index in [1.165, 1.54) is 0 Å². The van der Waals surface area contributed by atoms with Gasteiger partial charge in [0.2, 0.25) is 0 Å². The van der Waals surface area contributed by atoms with Crippen LogP contribution in [0.5, 0.6) is 0 Å². The van der Waals surface area contributed by atoms with E-state index in [1.54, 1.807) is 0 Å². The quantitative estimate of drug-likeness (QED) is 0.916. The minimum atomic E-state index is 0.0913. The number of halogens is 1. The Balaban J connectivity index is 1.76. The van der Waals surface area contributed by atoms with Gasteiger partial charge >= 0.3 is 0 Å². The fourth-order valence-electron chi connectivity index (χ4n) is 2.73. The fourth-order valence-corrected chi connectivity index (χ4v) is 3.05. The number of pyridine rings is 2. The van der Waals surface area contributed by atoms with Gasteiger partial charge in [-0.15, -0.1) is 0 Å². The number of rotatable bonds is 4. The molecule has 6 heteroatoms. The average molecular weight is 352 g/mol. The number of nitrogens with zero attached hydrogens (tertiary/aromatic N) is 3. The van der Waals surface area contributed by atoms with E-state index in [-0.39, 0.29) is 12.7 Å². The maximum Gasteiger partial charge on any atom is 0.112 e. The van der Waals surface area contributed by atoms with Crippen LogP contribution in [-0.4, -0.2) is 47.5 Å². The first-order valence-corrected chi connectivity index (χ1v) is 7.95. The Labute approximate surface area is 132 Å². The van der Waals surface area contributed by atoms with E-state index in [0.29, 0.717) is 6.61 Å². The normalized spacial score (nSPS) is 16.6. The first-order valence-electron chi connectivity index (χ1n) is 7.15. The van der Waals surface area contributed by atoms with Crippen molar-refractivity contribution < 1.29 is 9.84 Å². The molecular formula is C15H18BrN3O2. The van der Waals surface area contributed by atoms with Gasteiger partial charge in [0, 0.05) is 30.0 Å². The zero-order valence-electron chi connectivity index (χ0n) is 11.7. The van der Waals surface area contributed by atoms with E-state index < -0.39 is 0 Å². The van der Waals surface area contributed by atoms with Gasteiger partial charge in [-0.1, -0.05) is 0 Å². The number of hydrogen-bond donors (Lipinski definition) is 1. The molecule has 2 aromatic heterocycles. The standard InChI is InChI=1S/C15H18BrN3O2/c16-11-9-13-15(18-10-11)14(1-4-17-13)19-5-2-12(3-6-19)21-8-7-20/h1,4,9-10,12,20H,2-3,5-8H2. The van der Waals surface area contributed by atoms with Crippen molar-refractivity contribution in [2.75, 3.05) is 31.2 Å². The summed E-state index contributed by atoms with van der Waals surface area (Å²) in [4.78, 5) is 11.2. The van der Waals surface area contributed by atoms with Gasteiger partial charge in [-0.25, -0.2) is 0 Å². The van der Waals surface area contributed by atoms with Crippen molar-refractivity contribution in [3.63, 3.8) is 0 Å². The fraction of sp³-hybridized carbons (Fsp3) is 0.467. The second kappa shape index (κ2) is 6.68. The molecule has 0 saturated carbocycles. The van der Waals surface area contributed by atoms with Crippen LogP contribution in [-0.2, 0) is 4.74 Å². The van der Waals surface area contributed by atoms with Crippen molar-refractivity contribution in [1.29, 1.82) is 0 Å². The van der Waals surface area contributed by atoms with Crippen LogP contribution in [0.25, 0.3) is 11.0 Å². The molecule has 3 rings (SSSR count). The molecule has 21 heavy (non-hydrogen) atoms. The summed E-state index contributed by atoms with van der Waals surface area (Å²) in [6, 6.07) is 4.01. The van der Waals surface area contributed by atoms with Crippen LogP contribution in [0.2, 0.25) is 0 Å². The lowest BCUT2D eigenvalue weighted by Gasteiger charge is -2.33. The number of piperidine rings is 1. The SMILES string of the molecule is OCCOC1CCN(c2ccnc3cc(Br)cnc23)CC1. The zero-order valence-corrected chi connectivity index (χ0v) is 13.3. The molecule has 1 aliphatic rings. The maximum atomic E-state index is 8.81. The van der Waals surface area contributed by atoms with Gasteiger partial charge in [-0.05, 0) is 40.9 Å². The van der Waals surface area contributed by atoms with E-state index in [1.807, 2.05) is 24.5 Å². The topological polar surface area (TPSA) is 58.5 Å². The monoisotopic (exact) mass is 351 g/mol. The first-order chi connectivity index (χ1) is 10.3. The highest BCUT2D eigenvalue weighted by atomic mass is 79.9. The van der Waals surface area contributed by atoms with Gasteiger partial charge in [0.25, 0.3) is 0 Å². The van der Waals surface area contributed by atoms with Crippen molar-refractivity contribution in [2.45, 2.75) is 18.9 Å². The maximum absolute atomic E-state index is 8.81. The zero-order chi connectivity index (χ0) is 14.7. The molecule has 0 unspecified atom stereocenters. The summed E-state index contributed by atoms with van der Waals surface area (Å²) in [5, 5.41) is 8.81. The summed E-state index contributed by atoms with van der Waals surface area (Å²) >= 11 is 3.43. The second-order valence-electron chi connectivity index (χ2n) is 5.13. The van der Waals surface area contributed by atoms with E-state index in [0.717, 1.165) is 47.1 Å². The van der Waals surface area contributed by atoms with Crippen molar-refractivity contribution in [1.82, 2.24) is 9.97 Å². The minimum Gasteiger partial charge on any atom is -0.394 e.